The highest BCUT2D eigenvalue weighted by Gasteiger charge is 2.22. The largest absolute Gasteiger partial charge is 0.411 e. The molecule has 0 unspecified atom stereocenters. The molecule has 0 spiro atoms. The number of benzene rings is 2. The lowest BCUT2D eigenvalue weighted by molar-refractivity contribution is 0.134. The van der Waals surface area contributed by atoms with Gasteiger partial charge >= 0.3 is 0 Å². The molecule has 1 aliphatic heterocycles. The molecule has 2 aromatic rings. The van der Waals surface area contributed by atoms with E-state index in [1.807, 2.05) is 0 Å². The average Bonchev–Trinajstić information content (AvgIpc) is 3.04. The summed E-state index contributed by atoms with van der Waals surface area (Å²) in [5.74, 6) is -0.267. The van der Waals surface area contributed by atoms with Crippen molar-refractivity contribution in [3.05, 3.63) is 58.4 Å². The van der Waals surface area contributed by atoms with E-state index in [0.717, 1.165) is 52.8 Å². The van der Waals surface area contributed by atoms with Crippen molar-refractivity contribution < 1.29 is 14.3 Å². The molecule has 2 aromatic carbocycles. The third-order valence-corrected chi connectivity index (χ3v) is 4.53. The molecule has 0 amide bonds. The SMILES string of the molecule is CN(C)CCCc1cc2c(c(-c3ccc(F)cc3)c1C=NO)COC2. The lowest BCUT2D eigenvalue weighted by atomic mass is 9.87. The number of aryl methyl sites for hydroxylation is 1. The Morgan fingerprint density at radius 1 is 1.24 bits per heavy atom. The molecule has 0 saturated heterocycles. The van der Waals surface area contributed by atoms with E-state index in [1.54, 1.807) is 12.1 Å². The Hall–Kier alpha value is -2.24. The minimum atomic E-state index is -0.267. The smallest absolute Gasteiger partial charge is 0.123 e. The van der Waals surface area contributed by atoms with Gasteiger partial charge in [0, 0.05) is 5.56 Å². The van der Waals surface area contributed by atoms with Gasteiger partial charge in [-0.25, -0.2) is 4.39 Å². The minimum Gasteiger partial charge on any atom is -0.411 e. The van der Waals surface area contributed by atoms with Crippen LogP contribution in [0, 0.1) is 5.82 Å². The highest BCUT2D eigenvalue weighted by atomic mass is 19.1. The Morgan fingerprint density at radius 2 is 2.00 bits per heavy atom. The van der Waals surface area contributed by atoms with Crippen molar-refractivity contribution in [3.8, 4) is 11.1 Å². The van der Waals surface area contributed by atoms with Gasteiger partial charge in [0.2, 0.25) is 0 Å². The van der Waals surface area contributed by atoms with E-state index >= 15 is 0 Å². The van der Waals surface area contributed by atoms with Gasteiger partial charge < -0.3 is 14.8 Å². The molecule has 0 atom stereocenters. The van der Waals surface area contributed by atoms with Crippen molar-refractivity contribution in [2.24, 2.45) is 5.16 Å². The summed E-state index contributed by atoms with van der Waals surface area (Å²) in [5, 5.41) is 12.5. The van der Waals surface area contributed by atoms with Crippen molar-refractivity contribution in [1.29, 1.82) is 0 Å². The van der Waals surface area contributed by atoms with E-state index < -0.39 is 0 Å². The van der Waals surface area contributed by atoms with Crippen LogP contribution in [0.2, 0.25) is 0 Å². The molecule has 25 heavy (non-hydrogen) atoms. The maximum absolute atomic E-state index is 13.4. The first-order chi connectivity index (χ1) is 12.1. The standard InChI is InChI=1S/C20H23FN2O2/c1-23(2)9-3-4-15-10-16-12-25-13-19(16)20(18(15)11-22-24)14-5-7-17(21)8-6-14/h5-8,10-11,24H,3-4,9,12-13H2,1-2H3. The number of rotatable bonds is 6. The second-order valence-corrected chi connectivity index (χ2v) is 6.61. The molecule has 0 saturated carbocycles. The van der Waals surface area contributed by atoms with Crippen molar-refractivity contribution in [3.63, 3.8) is 0 Å². The summed E-state index contributed by atoms with van der Waals surface area (Å²) in [4.78, 5) is 2.15. The Balaban J connectivity index is 2.10. The molecular weight excluding hydrogens is 319 g/mol. The maximum Gasteiger partial charge on any atom is 0.123 e. The second-order valence-electron chi connectivity index (χ2n) is 6.61. The van der Waals surface area contributed by atoms with E-state index in [0.29, 0.717) is 13.2 Å². The number of hydrogen-bond donors (Lipinski definition) is 1. The molecule has 3 rings (SSSR count). The van der Waals surface area contributed by atoms with Crippen LogP contribution in [0.5, 0.6) is 0 Å². The normalized spacial score (nSPS) is 13.8. The molecule has 0 fully saturated rings. The van der Waals surface area contributed by atoms with E-state index in [9.17, 15) is 9.60 Å². The van der Waals surface area contributed by atoms with Gasteiger partial charge in [0.1, 0.15) is 5.82 Å². The van der Waals surface area contributed by atoms with E-state index in [2.05, 4.69) is 30.2 Å². The van der Waals surface area contributed by atoms with Gasteiger partial charge in [-0.3, -0.25) is 0 Å². The average molecular weight is 342 g/mol. The van der Waals surface area contributed by atoms with Gasteiger partial charge in [0.25, 0.3) is 0 Å². The Labute approximate surface area is 147 Å². The third kappa shape index (κ3) is 3.89. The monoisotopic (exact) mass is 342 g/mol. The van der Waals surface area contributed by atoms with E-state index in [-0.39, 0.29) is 5.82 Å². The third-order valence-electron chi connectivity index (χ3n) is 4.53. The summed E-state index contributed by atoms with van der Waals surface area (Å²) in [7, 11) is 4.10. The van der Waals surface area contributed by atoms with Crippen molar-refractivity contribution in [1.82, 2.24) is 4.90 Å². The zero-order chi connectivity index (χ0) is 17.8. The van der Waals surface area contributed by atoms with Gasteiger partial charge in [-0.15, -0.1) is 0 Å². The highest BCUT2D eigenvalue weighted by Crippen LogP contribution is 2.36. The van der Waals surface area contributed by atoms with Gasteiger partial charge in [-0.1, -0.05) is 23.4 Å². The molecule has 1 heterocycles. The molecule has 0 aromatic heterocycles. The molecule has 4 nitrogen and oxygen atoms in total. The molecule has 0 radical (unpaired) electrons. The second kappa shape index (κ2) is 7.76. The summed E-state index contributed by atoms with van der Waals surface area (Å²) < 4.78 is 19.0. The zero-order valence-corrected chi connectivity index (χ0v) is 14.6. The van der Waals surface area contributed by atoms with Gasteiger partial charge in [-0.2, -0.15) is 0 Å². The summed E-state index contributed by atoms with van der Waals surface area (Å²) >= 11 is 0. The van der Waals surface area contributed by atoms with Crippen molar-refractivity contribution in [2.45, 2.75) is 26.1 Å². The summed E-state index contributed by atoms with van der Waals surface area (Å²) in [5.41, 5.74) is 6.16. The molecular formula is C20H23FN2O2. The van der Waals surface area contributed by atoms with Crippen LogP contribution in [0.4, 0.5) is 4.39 Å². The molecule has 0 aliphatic carbocycles. The molecule has 5 heteroatoms. The summed E-state index contributed by atoms with van der Waals surface area (Å²) in [6.07, 6.45) is 3.37. The first kappa shape index (κ1) is 17.6. The fourth-order valence-electron chi connectivity index (χ4n) is 3.36. The Kier molecular flexibility index (Phi) is 5.46. The van der Waals surface area contributed by atoms with Crippen LogP contribution < -0.4 is 0 Å². The first-order valence-corrected chi connectivity index (χ1v) is 8.43. The minimum absolute atomic E-state index is 0.267. The van der Waals surface area contributed by atoms with Crippen molar-refractivity contribution >= 4 is 6.21 Å². The Bertz CT molecular complexity index is 770. The molecule has 0 bridgehead atoms. The summed E-state index contributed by atoms with van der Waals surface area (Å²) in [6, 6.07) is 8.59. The van der Waals surface area contributed by atoms with E-state index in [4.69, 9.17) is 4.74 Å². The fourth-order valence-corrected chi connectivity index (χ4v) is 3.36. The number of nitrogens with zero attached hydrogens (tertiary/aromatic N) is 2. The fraction of sp³-hybridized carbons (Fsp3) is 0.350. The predicted molar refractivity (Wildman–Crippen MR) is 96.6 cm³/mol. The zero-order valence-electron chi connectivity index (χ0n) is 14.6. The van der Waals surface area contributed by atoms with Gasteiger partial charge in [-0.05, 0) is 73.4 Å². The molecule has 1 N–H and O–H groups in total. The van der Waals surface area contributed by atoms with Gasteiger partial charge in [0.05, 0.1) is 19.4 Å². The lowest BCUT2D eigenvalue weighted by Gasteiger charge is -2.17. The predicted octanol–water partition coefficient (Wildman–Crippen LogP) is 3.83. The van der Waals surface area contributed by atoms with Crippen molar-refractivity contribution in [2.75, 3.05) is 20.6 Å². The number of fused-ring (bicyclic) bond motifs is 1. The van der Waals surface area contributed by atoms with Gasteiger partial charge in [0.15, 0.2) is 0 Å². The number of hydrogen-bond acceptors (Lipinski definition) is 4. The van der Waals surface area contributed by atoms with Crippen LogP contribution >= 0.6 is 0 Å². The van der Waals surface area contributed by atoms with E-state index in [1.165, 1.54) is 18.3 Å². The Morgan fingerprint density at radius 3 is 2.68 bits per heavy atom. The first-order valence-electron chi connectivity index (χ1n) is 8.43. The molecule has 1 aliphatic rings. The number of halogens is 1. The maximum atomic E-state index is 13.4. The van der Waals surface area contributed by atoms with Crippen LogP contribution in [-0.4, -0.2) is 37.0 Å². The van der Waals surface area contributed by atoms with Crippen LogP contribution in [0.25, 0.3) is 11.1 Å². The summed E-state index contributed by atoms with van der Waals surface area (Å²) in [6.45, 7) is 2.09. The number of ether oxygens (including phenoxy) is 1. The van der Waals surface area contributed by atoms with Crippen LogP contribution in [0.1, 0.15) is 28.7 Å². The quantitative estimate of drug-likeness (QED) is 0.493. The van der Waals surface area contributed by atoms with Crippen LogP contribution in [0.15, 0.2) is 35.5 Å². The topological polar surface area (TPSA) is 45.1 Å². The highest BCUT2D eigenvalue weighted by molar-refractivity contribution is 5.94. The lowest BCUT2D eigenvalue weighted by Crippen LogP contribution is -2.14. The van der Waals surface area contributed by atoms with Crippen LogP contribution in [-0.2, 0) is 24.4 Å². The number of oxime groups is 1. The van der Waals surface area contributed by atoms with Crippen LogP contribution in [0.3, 0.4) is 0 Å². The molecule has 132 valence electrons.